The highest BCUT2D eigenvalue weighted by Crippen LogP contribution is 2.25. The summed E-state index contributed by atoms with van der Waals surface area (Å²) < 4.78 is 18.7. The second kappa shape index (κ2) is 8.57. The fourth-order valence-electron chi connectivity index (χ4n) is 4.39. The van der Waals surface area contributed by atoms with Crippen LogP contribution in [-0.2, 0) is 4.79 Å². The molecule has 1 N–H and O–H groups in total. The van der Waals surface area contributed by atoms with E-state index < -0.39 is 5.60 Å². The van der Waals surface area contributed by atoms with Gasteiger partial charge in [-0.25, -0.2) is 4.39 Å². The first kappa shape index (κ1) is 20.1. The lowest BCUT2D eigenvalue weighted by atomic mass is 9.93. The number of piperidine rings is 2. The Hall–Kier alpha value is -1.66. The van der Waals surface area contributed by atoms with E-state index in [0.29, 0.717) is 25.3 Å². The minimum Gasteiger partial charge on any atom is -0.491 e. The minimum atomic E-state index is -0.994. The molecule has 0 spiro atoms. The third-order valence-corrected chi connectivity index (χ3v) is 5.80. The van der Waals surface area contributed by atoms with Crippen LogP contribution in [-0.4, -0.2) is 64.7 Å². The number of amides is 1. The predicted molar refractivity (Wildman–Crippen MR) is 102 cm³/mol. The number of carbonyl (C=O) groups excluding carboxylic acids is 1. The first-order chi connectivity index (χ1) is 12.9. The number of hydrogen-bond acceptors (Lipinski definition) is 4. The number of β-amino-alcohol motifs (C(OH)–C–C–N with tert-alkyl or cyclic N) is 1. The molecular weight excluding hydrogens is 347 g/mol. The summed E-state index contributed by atoms with van der Waals surface area (Å²) in [6.45, 7) is 5.94. The van der Waals surface area contributed by atoms with Crippen molar-refractivity contribution in [1.29, 1.82) is 0 Å². The summed E-state index contributed by atoms with van der Waals surface area (Å²) >= 11 is 0. The van der Waals surface area contributed by atoms with Crippen LogP contribution in [0.4, 0.5) is 4.39 Å². The molecule has 27 heavy (non-hydrogen) atoms. The number of rotatable bonds is 5. The first-order valence-electron chi connectivity index (χ1n) is 10.0. The first-order valence-corrected chi connectivity index (χ1v) is 10.0. The van der Waals surface area contributed by atoms with Gasteiger partial charge in [0, 0.05) is 18.6 Å². The molecule has 6 heteroatoms. The van der Waals surface area contributed by atoms with Crippen molar-refractivity contribution in [2.24, 2.45) is 0 Å². The summed E-state index contributed by atoms with van der Waals surface area (Å²) in [5.41, 5.74) is -0.994. The lowest BCUT2D eigenvalue weighted by molar-refractivity contribution is -0.140. The predicted octanol–water partition coefficient (Wildman–Crippen LogP) is 2.82. The quantitative estimate of drug-likeness (QED) is 0.856. The minimum absolute atomic E-state index is 0.139. The molecule has 2 aliphatic rings. The smallest absolute Gasteiger partial charge is 0.237 e. The van der Waals surface area contributed by atoms with Gasteiger partial charge >= 0.3 is 0 Å². The topological polar surface area (TPSA) is 53.0 Å². The van der Waals surface area contributed by atoms with Gasteiger partial charge in [0.2, 0.25) is 5.91 Å². The van der Waals surface area contributed by atoms with Crippen LogP contribution in [0.15, 0.2) is 24.3 Å². The van der Waals surface area contributed by atoms with Crippen molar-refractivity contribution in [2.45, 2.75) is 63.6 Å². The molecule has 3 rings (SSSR count). The Bertz CT molecular complexity index is 629. The second-order valence-corrected chi connectivity index (χ2v) is 8.21. The molecule has 0 saturated carbocycles. The highest BCUT2D eigenvalue weighted by atomic mass is 19.1. The van der Waals surface area contributed by atoms with E-state index >= 15 is 0 Å². The number of carbonyl (C=O) groups is 1. The monoisotopic (exact) mass is 378 g/mol. The van der Waals surface area contributed by atoms with E-state index in [1.165, 1.54) is 18.6 Å². The van der Waals surface area contributed by atoms with Crippen LogP contribution in [0.5, 0.6) is 5.75 Å². The molecule has 1 amide bonds. The van der Waals surface area contributed by atoms with E-state index in [2.05, 4.69) is 13.8 Å². The highest BCUT2D eigenvalue weighted by molar-refractivity contribution is 5.79. The summed E-state index contributed by atoms with van der Waals surface area (Å²) in [4.78, 5) is 16.9. The van der Waals surface area contributed by atoms with E-state index in [9.17, 15) is 14.3 Å². The third-order valence-electron chi connectivity index (χ3n) is 5.80. The Labute approximate surface area is 161 Å². The van der Waals surface area contributed by atoms with Crippen molar-refractivity contribution >= 4 is 5.91 Å². The van der Waals surface area contributed by atoms with Crippen LogP contribution >= 0.6 is 0 Å². The Kier molecular flexibility index (Phi) is 6.37. The third kappa shape index (κ3) is 5.20. The summed E-state index contributed by atoms with van der Waals surface area (Å²) in [6, 6.07) is 6.36. The average molecular weight is 378 g/mol. The van der Waals surface area contributed by atoms with Gasteiger partial charge in [-0.2, -0.15) is 0 Å². The summed E-state index contributed by atoms with van der Waals surface area (Å²) in [7, 11) is 0. The maximum Gasteiger partial charge on any atom is 0.237 e. The molecule has 2 heterocycles. The molecule has 1 aromatic rings. The average Bonchev–Trinajstić information content (AvgIpc) is 2.61. The van der Waals surface area contributed by atoms with Gasteiger partial charge in [-0.1, -0.05) is 0 Å². The lowest BCUT2D eigenvalue weighted by Crippen LogP contribution is -2.56. The van der Waals surface area contributed by atoms with E-state index in [0.717, 1.165) is 25.8 Å². The van der Waals surface area contributed by atoms with Crippen LogP contribution in [0.1, 0.15) is 46.0 Å². The maximum atomic E-state index is 13.0. The van der Waals surface area contributed by atoms with Gasteiger partial charge in [-0.05, 0) is 76.8 Å². The Morgan fingerprint density at radius 2 is 1.89 bits per heavy atom. The zero-order chi connectivity index (χ0) is 19.4. The van der Waals surface area contributed by atoms with Gasteiger partial charge in [-0.3, -0.25) is 9.69 Å². The van der Waals surface area contributed by atoms with E-state index in [4.69, 9.17) is 4.74 Å². The zero-order valence-corrected chi connectivity index (χ0v) is 16.4. The summed E-state index contributed by atoms with van der Waals surface area (Å²) in [6.07, 6.45) is 4.75. The molecule has 2 aliphatic heterocycles. The fourth-order valence-corrected chi connectivity index (χ4v) is 4.39. The molecule has 0 aromatic heterocycles. The van der Waals surface area contributed by atoms with E-state index in [1.807, 2.05) is 9.80 Å². The molecule has 0 bridgehead atoms. The van der Waals surface area contributed by atoms with Crippen LogP contribution in [0.25, 0.3) is 0 Å². The van der Waals surface area contributed by atoms with E-state index in [1.54, 1.807) is 12.1 Å². The summed E-state index contributed by atoms with van der Waals surface area (Å²) in [5, 5.41) is 10.9. The molecule has 0 radical (unpaired) electrons. The number of benzene rings is 1. The lowest BCUT2D eigenvalue weighted by Gasteiger charge is -2.42. The van der Waals surface area contributed by atoms with Crippen molar-refractivity contribution in [3.63, 3.8) is 0 Å². The second-order valence-electron chi connectivity index (χ2n) is 8.21. The Balaban J connectivity index is 1.54. The molecule has 1 aromatic carbocycles. The van der Waals surface area contributed by atoms with Gasteiger partial charge < -0.3 is 14.7 Å². The standard InChI is InChI=1S/C21H31FN2O3/c1-16-5-3-6-17(2)24(16)20(25)13-23-12-4-11-21(26,14-23)15-27-19-9-7-18(22)8-10-19/h7-10,16-17,26H,3-6,11-15H2,1-2H3. The molecule has 3 atom stereocenters. The number of likely N-dealkylation sites (tertiary alicyclic amines) is 2. The van der Waals surface area contributed by atoms with Crippen molar-refractivity contribution in [3.05, 3.63) is 30.1 Å². The molecule has 0 aliphatic carbocycles. The highest BCUT2D eigenvalue weighted by Gasteiger charge is 2.36. The number of ether oxygens (including phenoxy) is 1. The molecule has 150 valence electrons. The molecular formula is C21H31FN2O3. The van der Waals surface area contributed by atoms with Gasteiger partial charge in [0.05, 0.1) is 6.54 Å². The van der Waals surface area contributed by atoms with Crippen LogP contribution < -0.4 is 4.74 Å². The molecule has 3 unspecified atom stereocenters. The van der Waals surface area contributed by atoms with Crippen LogP contribution in [0.2, 0.25) is 0 Å². The van der Waals surface area contributed by atoms with Crippen molar-refractivity contribution < 1.29 is 19.0 Å². The van der Waals surface area contributed by atoms with Crippen molar-refractivity contribution in [1.82, 2.24) is 9.80 Å². The van der Waals surface area contributed by atoms with E-state index in [-0.39, 0.29) is 30.4 Å². The number of nitrogens with zero attached hydrogens (tertiary/aromatic N) is 2. The Morgan fingerprint density at radius 1 is 1.22 bits per heavy atom. The number of hydrogen-bond donors (Lipinski definition) is 1. The van der Waals surface area contributed by atoms with Gasteiger partial charge in [0.15, 0.2) is 0 Å². The largest absolute Gasteiger partial charge is 0.491 e. The van der Waals surface area contributed by atoms with Gasteiger partial charge in [0.25, 0.3) is 0 Å². The summed E-state index contributed by atoms with van der Waals surface area (Å²) in [5.74, 6) is 0.372. The molecule has 2 fully saturated rings. The fraction of sp³-hybridized carbons (Fsp3) is 0.667. The Morgan fingerprint density at radius 3 is 2.56 bits per heavy atom. The van der Waals surface area contributed by atoms with Crippen molar-refractivity contribution in [2.75, 3.05) is 26.2 Å². The van der Waals surface area contributed by atoms with Crippen molar-refractivity contribution in [3.8, 4) is 5.75 Å². The zero-order valence-electron chi connectivity index (χ0n) is 16.4. The van der Waals surface area contributed by atoms with Gasteiger partial charge in [0.1, 0.15) is 23.8 Å². The number of halogens is 1. The van der Waals surface area contributed by atoms with Crippen LogP contribution in [0, 0.1) is 5.82 Å². The number of aliphatic hydroxyl groups is 1. The van der Waals surface area contributed by atoms with Gasteiger partial charge in [-0.15, -0.1) is 0 Å². The SMILES string of the molecule is CC1CCCC(C)N1C(=O)CN1CCCC(O)(COc2ccc(F)cc2)C1. The maximum absolute atomic E-state index is 13.0. The molecule has 5 nitrogen and oxygen atoms in total. The molecule has 2 saturated heterocycles. The van der Waals surface area contributed by atoms with Crippen LogP contribution in [0.3, 0.4) is 0 Å². The normalized spacial score (nSPS) is 29.6.